The topological polar surface area (TPSA) is 55.7 Å². The molecule has 0 spiro atoms. The number of hydrogen-bond donors (Lipinski definition) is 2. The molecule has 1 aliphatic rings. The Labute approximate surface area is 133 Å². The third-order valence-electron chi connectivity index (χ3n) is 4.76. The van der Waals surface area contributed by atoms with Crippen molar-refractivity contribution >= 4 is 5.91 Å². The smallest absolute Gasteiger partial charge is 0.257 e. The van der Waals surface area contributed by atoms with E-state index in [1.54, 1.807) is 18.3 Å². The summed E-state index contributed by atoms with van der Waals surface area (Å²) >= 11 is 0. The van der Waals surface area contributed by atoms with Gasteiger partial charge in [0.25, 0.3) is 5.91 Å². The van der Waals surface area contributed by atoms with Crippen LogP contribution in [-0.4, -0.2) is 43.7 Å². The molecule has 1 amide bonds. The Morgan fingerprint density at radius 1 is 1.36 bits per heavy atom. The fourth-order valence-electron chi connectivity index (χ4n) is 3.24. The molecule has 22 heavy (non-hydrogen) atoms. The summed E-state index contributed by atoms with van der Waals surface area (Å²) in [5.41, 5.74) is 0.672. The Morgan fingerprint density at radius 2 is 2.09 bits per heavy atom. The minimum atomic E-state index is -0.0947. The molecule has 2 N–H and O–H groups in total. The van der Waals surface area contributed by atoms with Crippen molar-refractivity contribution in [2.24, 2.45) is 0 Å². The lowest BCUT2D eigenvalue weighted by Crippen LogP contribution is -3.16. The fourth-order valence-corrected chi connectivity index (χ4v) is 3.24. The number of hydrogen-bond acceptors (Lipinski definition) is 3. The van der Waals surface area contributed by atoms with E-state index in [1.807, 2.05) is 6.92 Å². The van der Waals surface area contributed by atoms with Crippen LogP contribution in [0, 0.1) is 0 Å². The molecule has 0 radical (unpaired) electrons. The van der Waals surface area contributed by atoms with Crippen molar-refractivity contribution in [1.29, 1.82) is 0 Å². The lowest BCUT2D eigenvalue weighted by atomic mass is 9.80. The first kappa shape index (κ1) is 16.7. The molecular weight excluding hydrogens is 278 g/mol. The molecule has 0 aromatic carbocycles. The van der Waals surface area contributed by atoms with Crippen LogP contribution in [0.2, 0.25) is 0 Å². The largest absolute Gasteiger partial charge is 0.477 e. The third-order valence-corrected chi connectivity index (χ3v) is 4.76. The Morgan fingerprint density at radius 3 is 2.73 bits per heavy atom. The van der Waals surface area contributed by atoms with Gasteiger partial charge in [-0.05, 0) is 31.9 Å². The van der Waals surface area contributed by atoms with E-state index in [0.29, 0.717) is 24.6 Å². The van der Waals surface area contributed by atoms with Crippen LogP contribution in [0.15, 0.2) is 18.3 Å². The number of ether oxygens (including phenoxy) is 1. The van der Waals surface area contributed by atoms with Crippen molar-refractivity contribution in [2.75, 3.05) is 27.2 Å². The standard InChI is InChI=1S/C17H27N3O2/c1-4-22-16-14(9-8-12-18-16)15(21)19-13-17(20(2)3)10-6-5-7-11-17/h8-9,12H,4-7,10-11,13H2,1-3H3,(H,19,21)/p+1. The van der Waals surface area contributed by atoms with Crippen LogP contribution in [0.4, 0.5) is 0 Å². The van der Waals surface area contributed by atoms with E-state index in [9.17, 15) is 4.79 Å². The molecule has 1 aliphatic carbocycles. The number of pyridine rings is 1. The molecule has 1 heterocycles. The predicted molar refractivity (Wildman–Crippen MR) is 86.4 cm³/mol. The lowest BCUT2D eigenvalue weighted by molar-refractivity contribution is -0.916. The quantitative estimate of drug-likeness (QED) is 0.826. The SMILES string of the molecule is CCOc1ncccc1C(=O)NCC1([NH+](C)C)CCCCC1. The highest BCUT2D eigenvalue weighted by molar-refractivity contribution is 5.96. The Balaban J connectivity index is 2.05. The molecule has 1 aromatic rings. The van der Waals surface area contributed by atoms with Gasteiger partial charge >= 0.3 is 0 Å². The van der Waals surface area contributed by atoms with Gasteiger partial charge in [-0.15, -0.1) is 0 Å². The molecule has 0 saturated heterocycles. The summed E-state index contributed by atoms with van der Waals surface area (Å²) < 4.78 is 5.45. The van der Waals surface area contributed by atoms with Gasteiger partial charge in [-0.25, -0.2) is 4.98 Å². The maximum absolute atomic E-state index is 12.5. The minimum absolute atomic E-state index is 0.0947. The van der Waals surface area contributed by atoms with Crippen molar-refractivity contribution in [3.05, 3.63) is 23.9 Å². The maximum atomic E-state index is 12.5. The number of nitrogens with zero attached hydrogens (tertiary/aromatic N) is 1. The van der Waals surface area contributed by atoms with Crippen LogP contribution in [-0.2, 0) is 0 Å². The summed E-state index contributed by atoms with van der Waals surface area (Å²) in [6, 6.07) is 3.54. The Bertz CT molecular complexity index is 496. The predicted octanol–water partition coefficient (Wildman–Crippen LogP) is 1.06. The van der Waals surface area contributed by atoms with E-state index in [-0.39, 0.29) is 11.4 Å². The molecule has 122 valence electrons. The molecule has 0 bridgehead atoms. The normalized spacial score (nSPS) is 17.3. The number of carbonyl (C=O) groups is 1. The molecule has 0 atom stereocenters. The number of aromatic nitrogens is 1. The summed E-state index contributed by atoms with van der Waals surface area (Å²) in [7, 11) is 4.38. The van der Waals surface area contributed by atoms with Crippen LogP contribution in [0.25, 0.3) is 0 Å². The average molecular weight is 306 g/mol. The molecule has 1 fully saturated rings. The molecule has 5 nitrogen and oxygen atoms in total. The van der Waals surface area contributed by atoms with Crippen molar-refractivity contribution < 1.29 is 14.4 Å². The number of quaternary nitrogens is 1. The van der Waals surface area contributed by atoms with Gasteiger partial charge in [0.2, 0.25) is 5.88 Å². The van der Waals surface area contributed by atoms with E-state index in [4.69, 9.17) is 4.74 Å². The van der Waals surface area contributed by atoms with Gasteiger partial charge in [0.05, 0.1) is 27.2 Å². The van der Waals surface area contributed by atoms with Crippen molar-refractivity contribution in [1.82, 2.24) is 10.3 Å². The number of amides is 1. The van der Waals surface area contributed by atoms with E-state index in [2.05, 4.69) is 24.4 Å². The van der Waals surface area contributed by atoms with Crippen LogP contribution < -0.4 is 15.0 Å². The number of rotatable bonds is 6. The van der Waals surface area contributed by atoms with Crippen LogP contribution >= 0.6 is 0 Å². The highest BCUT2D eigenvalue weighted by atomic mass is 16.5. The number of nitrogens with one attached hydrogen (secondary N) is 2. The van der Waals surface area contributed by atoms with E-state index in [0.717, 1.165) is 0 Å². The van der Waals surface area contributed by atoms with E-state index in [1.165, 1.54) is 37.0 Å². The summed E-state index contributed by atoms with van der Waals surface area (Å²) in [6.45, 7) is 3.10. The number of carbonyl (C=O) groups excluding carboxylic acids is 1. The molecule has 2 rings (SSSR count). The van der Waals surface area contributed by atoms with Gasteiger partial charge in [-0.1, -0.05) is 6.42 Å². The van der Waals surface area contributed by atoms with Crippen LogP contribution in [0.3, 0.4) is 0 Å². The van der Waals surface area contributed by atoms with Crippen molar-refractivity contribution in [3.63, 3.8) is 0 Å². The Kier molecular flexibility index (Phi) is 5.77. The van der Waals surface area contributed by atoms with Crippen LogP contribution in [0.1, 0.15) is 49.4 Å². The summed E-state index contributed by atoms with van der Waals surface area (Å²) in [5, 5.41) is 3.11. The molecule has 5 heteroatoms. The second-order valence-corrected chi connectivity index (χ2v) is 6.31. The number of likely N-dealkylation sites (N-methyl/N-ethyl adjacent to an activating group) is 1. The molecule has 1 aromatic heterocycles. The molecule has 1 saturated carbocycles. The zero-order valence-electron chi connectivity index (χ0n) is 13.9. The van der Waals surface area contributed by atoms with Gasteiger partial charge < -0.3 is 15.0 Å². The zero-order valence-corrected chi connectivity index (χ0v) is 13.9. The first-order chi connectivity index (χ1) is 10.6. The first-order valence-electron chi connectivity index (χ1n) is 8.26. The van der Waals surface area contributed by atoms with Gasteiger partial charge in [-0.2, -0.15) is 0 Å². The monoisotopic (exact) mass is 306 g/mol. The highest BCUT2D eigenvalue weighted by Gasteiger charge is 2.38. The lowest BCUT2D eigenvalue weighted by Gasteiger charge is -2.39. The van der Waals surface area contributed by atoms with Crippen molar-refractivity contribution in [2.45, 2.75) is 44.6 Å². The minimum Gasteiger partial charge on any atom is -0.477 e. The average Bonchev–Trinajstić information content (AvgIpc) is 2.54. The first-order valence-corrected chi connectivity index (χ1v) is 8.26. The van der Waals surface area contributed by atoms with E-state index >= 15 is 0 Å². The molecule has 0 unspecified atom stereocenters. The molecular formula is C17H28N3O2+. The maximum Gasteiger partial charge on any atom is 0.257 e. The van der Waals surface area contributed by atoms with Crippen molar-refractivity contribution in [3.8, 4) is 5.88 Å². The third kappa shape index (κ3) is 3.77. The van der Waals surface area contributed by atoms with E-state index < -0.39 is 0 Å². The zero-order chi connectivity index (χ0) is 16.0. The van der Waals surface area contributed by atoms with Gasteiger partial charge in [0.15, 0.2) is 0 Å². The summed E-state index contributed by atoms with van der Waals surface area (Å²) in [6.07, 6.45) is 7.78. The van der Waals surface area contributed by atoms with Gasteiger partial charge in [-0.3, -0.25) is 4.79 Å². The second-order valence-electron chi connectivity index (χ2n) is 6.31. The fraction of sp³-hybridized carbons (Fsp3) is 0.647. The van der Waals surface area contributed by atoms with Gasteiger partial charge in [0, 0.05) is 19.0 Å². The molecule has 0 aliphatic heterocycles. The Hall–Kier alpha value is -1.62. The second kappa shape index (κ2) is 7.58. The van der Waals surface area contributed by atoms with Gasteiger partial charge in [0.1, 0.15) is 11.1 Å². The van der Waals surface area contributed by atoms with Crippen LogP contribution in [0.5, 0.6) is 5.88 Å². The highest BCUT2D eigenvalue weighted by Crippen LogP contribution is 2.25. The summed E-state index contributed by atoms with van der Waals surface area (Å²) in [5.74, 6) is 0.320. The summed E-state index contributed by atoms with van der Waals surface area (Å²) in [4.78, 5) is 18.1.